The molecule has 0 aliphatic carbocycles. The summed E-state index contributed by atoms with van der Waals surface area (Å²) in [5, 5.41) is 0.832. The van der Waals surface area contributed by atoms with Crippen LogP contribution in [0.1, 0.15) is 15.9 Å². The first-order valence-corrected chi connectivity index (χ1v) is 6.42. The first-order chi connectivity index (χ1) is 10.2. The first-order valence-electron chi connectivity index (χ1n) is 6.42. The summed E-state index contributed by atoms with van der Waals surface area (Å²) in [7, 11) is 1.41. The van der Waals surface area contributed by atoms with E-state index in [4.69, 9.17) is 4.74 Å². The monoisotopic (exact) mass is 281 g/mol. The van der Waals surface area contributed by atoms with E-state index < -0.39 is 11.6 Å². The molecule has 3 rings (SSSR count). The van der Waals surface area contributed by atoms with Gasteiger partial charge in [-0.05, 0) is 36.4 Å². The molecule has 0 radical (unpaired) electrons. The number of benzene rings is 2. The summed E-state index contributed by atoms with van der Waals surface area (Å²) in [6.07, 6.45) is 1.68. The highest BCUT2D eigenvalue weighted by Crippen LogP contribution is 2.25. The highest BCUT2D eigenvalue weighted by molar-refractivity contribution is 6.12. The molecule has 1 aromatic heterocycles. The van der Waals surface area contributed by atoms with Gasteiger partial charge in [0.1, 0.15) is 17.1 Å². The molecule has 0 spiro atoms. The van der Waals surface area contributed by atoms with E-state index in [1.54, 1.807) is 36.5 Å². The molecule has 4 heteroatoms. The number of hydrogen-bond acceptors (Lipinski definition) is 3. The second kappa shape index (κ2) is 5.32. The Labute approximate surface area is 121 Å². The lowest BCUT2D eigenvalue weighted by Crippen LogP contribution is -2.07. The number of ketones is 1. The molecular weight excluding hydrogens is 269 g/mol. The molecule has 0 N–H and O–H groups in total. The fourth-order valence-corrected chi connectivity index (χ4v) is 2.26. The third-order valence-electron chi connectivity index (χ3n) is 3.29. The van der Waals surface area contributed by atoms with E-state index >= 15 is 0 Å². The van der Waals surface area contributed by atoms with Crippen molar-refractivity contribution in [1.82, 2.24) is 4.98 Å². The third-order valence-corrected chi connectivity index (χ3v) is 3.29. The maximum atomic E-state index is 14.0. The summed E-state index contributed by atoms with van der Waals surface area (Å²) in [4.78, 5) is 16.7. The Morgan fingerprint density at radius 3 is 2.81 bits per heavy atom. The zero-order valence-electron chi connectivity index (χ0n) is 11.3. The fourth-order valence-electron chi connectivity index (χ4n) is 2.26. The van der Waals surface area contributed by atoms with E-state index in [0.29, 0.717) is 5.56 Å². The van der Waals surface area contributed by atoms with E-state index in [1.807, 2.05) is 6.07 Å². The average Bonchev–Trinajstić information content (AvgIpc) is 2.53. The van der Waals surface area contributed by atoms with E-state index in [0.717, 1.165) is 10.9 Å². The Morgan fingerprint density at radius 1 is 1.14 bits per heavy atom. The van der Waals surface area contributed by atoms with Crippen molar-refractivity contribution in [3.63, 3.8) is 0 Å². The maximum Gasteiger partial charge on any atom is 0.199 e. The van der Waals surface area contributed by atoms with Crippen LogP contribution in [0.2, 0.25) is 0 Å². The van der Waals surface area contributed by atoms with Crippen LogP contribution in [-0.4, -0.2) is 17.9 Å². The summed E-state index contributed by atoms with van der Waals surface area (Å²) in [5.74, 6) is -0.771. The normalized spacial score (nSPS) is 10.6. The number of fused-ring (bicyclic) bond motifs is 1. The number of ether oxygens (including phenoxy) is 1. The molecule has 104 valence electrons. The summed E-state index contributed by atoms with van der Waals surface area (Å²) < 4.78 is 19.1. The lowest BCUT2D eigenvalue weighted by atomic mass is 10.0. The molecule has 0 fully saturated rings. The van der Waals surface area contributed by atoms with Gasteiger partial charge in [0.25, 0.3) is 0 Å². The lowest BCUT2D eigenvalue weighted by Gasteiger charge is -2.09. The van der Waals surface area contributed by atoms with Crippen LogP contribution < -0.4 is 4.74 Å². The quantitative estimate of drug-likeness (QED) is 0.688. The maximum absolute atomic E-state index is 14.0. The van der Waals surface area contributed by atoms with Crippen LogP contribution in [0.5, 0.6) is 5.75 Å². The van der Waals surface area contributed by atoms with E-state index in [-0.39, 0.29) is 11.3 Å². The second-order valence-corrected chi connectivity index (χ2v) is 4.56. The Bertz CT molecular complexity index is 830. The van der Waals surface area contributed by atoms with E-state index in [9.17, 15) is 9.18 Å². The summed E-state index contributed by atoms with van der Waals surface area (Å²) >= 11 is 0. The molecule has 21 heavy (non-hydrogen) atoms. The predicted octanol–water partition coefficient (Wildman–Crippen LogP) is 3.61. The first kappa shape index (κ1) is 13.2. The molecule has 0 saturated carbocycles. The standard InChI is InChI=1S/C17H12FNO2/c1-21-15-6-2-5-13(18)16(15)17(20)12-7-8-14-11(10-12)4-3-9-19-14/h2-10H,1H3. The van der Waals surface area contributed by atoms with Gasteiger partial charge in [-0.25, -0.2) is 4.39 Å². The van der Waals surface area contributed by atoms with Gasteiger partial charge in [0, 0.05) is 17.1 Å². The van der Waals surface area contributed by atoms with E-state index in [1.165, 1.54) is 19.2 Å². The zero-order chi connectivity index (χ0) is 14.8. The zero-order valence-corrected chi connectivity index (χ0v) is 11.3. The van der Waals surface area contributed by atoms with Crippen LogP contribution >= 0.6 is 0 Å². The summed E-state index contributed by atoms with van der Waals surface area (Å²) in [6.45, 7) is 0. The van der Waals surface area contributed by atoms with Crippen molar-refractivity contribution in [2.45, 2.75) is 0 Å². The molecule has 2 aromatic carbocycles. The van der Waals surface area contributed by atoms with Gasteiger partial charge in [-0.15, -0.1) is 0 Å². The number of nitrogens with zero attached hydrogens (tertiary/aromatic N) is 1. The van der Waals surface area contributed by atoms with Crippen LogP contribution in [0.4, 0.5) is 4.39 Å². The van der Waals surface area contributed by atoms with Crippen molar-refractivity contribution < 1.29 is 13.9 Å². The minimum atomic E-state index is -0.592. The molecule has 0 bridgehead atoms. The molecule has 0 unspecified atom stereocenters. The van der Waals surface area contributed by atoms with Crippen molar-refractivity contribution in [3.8, 4) is 5.75 Å². The smallest absolute Gasteiger partial charge is 0.199 e. The number of carbonyl (C=O) groups is 1. The van der Waals surface area contributed by atoms with Gasteiger partial charge in [0.2, 0.25) is 0 Å². The fraction of sp³-hybridized carbons (Fsp3) is 0.0588. The Morgan fingerprint density at radius 2 is 2.00 bits per heavy atom. The van der Waals surface area contributed by atoms with Crippen molar-refractivity contribution in [2.75, 3.05) is 7.11 Å². The topological polar surface area (TPSA) is 39.2 Å². The van der Waals surface area contributed by atoms with E-state index in [2.05, 4.69) is 4.98 Å². The molecule has 3 nitrogen and oxygen atoms in total. The third kappa shape index (κ3) is 2.36. The molecular formula is C17H12FNO2. The molecule has 0 saturated heterocycles. The van der Waals surface area contributed by atoms with Gasteiger partial charge >= 0.3 is 0 Å². The van der Waals surface area contributed by atoms with Crippen LogP contribution in [0.25, 0.3) is 10.9 Å². The number of methoxy groups -OCH3 is 1. The lowest BCUT2D eigenvalue weighted by molar-refractivity contribution is 0.103. The number of aromatic nitrogens is 1. The minimum Gasteiger partial charge on any atom is -0.496 e. The molecule has 0 atom stereocenters. The van der Waals surface area contributed by atoms with Crippen LogP contribution in [0.3, 0.4) is 0 Å². The largest absolute Gasteiger partial charge is 0.496 e. The number of rotatable bonds is 3. The van der Waals surface area contributed by atoms with Crippen molar-refractivity contribution in [1.29, 1.82) is 0 Å². The van der Waals surface area contributed by atoms with Gasteiger partial charge in [-0.2, -0.15) is 0 Å². The SMILES string of the molecule is COc1cccc(F)c1C(=O)c1ccc2ncccc2c1. The Balaban J connectivity index is 2.12. The number of carbonyl (C=O) groups excluding carboxylic acids is 1. The van der Waals surface area contributed by atoms with Crippen molar-refractivity contribution in [2.24, 2.45) is 0 Å². The minimum absolute atomic E-state index is 0.0526. The number of pyridine rings is 1. The highest BCUT2D eigenvalue weighted by Gasteiger charge is 2.19. The Hall–Kier alpha value is -2.75. The van der Waals surface area contributed by atoms with Gasteiger partial charge < -0.3 is 4.74 Å². The van der Waals surface area contributed by atoms with Gasteiger partial charge in [-0.3, -0.25) is 9.78 Å². The number of halogens is 1. The summed E-state index contributed by atoms with van der Waals surface area (Å²) in [6, 6.07) is 13.1. The molecule has 1 heterocycles. The summed E-state index contributed by atoms with van der Waals surface area (Å²) in [5.41, 5.74) is 1.14. The van der Waals surface area contributed by atoms with Crippen molar-refractivity contribution in [3.05, 3.63) is 71.7 Å². The molecule has 3 aromatic rings. The molecule has 0 amide bonds. The van der Waals surface area contributed by atoms with Crippen LogP contribution in [0.15, 0.2) is 54.7 Å². The van der Waals surface area contributed by atoms with Crippen LogP contribution in [0, 0.1) is 5.82 Å². The van der Waals surface area contributed by atoms with Crippen molar-refractivity contribution >= 4 is 16.7 Å². The number of hydrogen-bond donors (Lipinski definition) is 0. The van der Waals surface area contributed by atoms with Gasteiger partial charge in [-0.1, -0.05) is 12.1 Å². The molecule has 0 aliphatic rings. The predicted molar refractivity (Wildman–Crippen MR) is 78.1 cm³/mol. The Kier molecular flexibility index (Phi) is 3.36. The second-order valence-electron chi connectivity index (χ2n) is 4.56. The molecule has 0 aliphatic heterocycles. The van der Waals surface area contributed by atoms with Gasteiger partial charge in [0.15, 0.2) is 5.78 Å². The van der Waals surface area contributed by atoms with Gasteiger partial charge in [0.05, 0.1) is 12.6 Å². The highest BCUT2D eigenvalue weighted by atomic mass is 19.1. The average molecular weight is 281 g/mol. The van der Waals surface area contributed by atoms with Crippen LogP contribution in [-0.2, 0) is 0 Å².